The molecule has 1 fully saturated rings. The van der Waals surface area contributed by atoms with E-state index in [1.165, 1.54) is 6.07 Å². The zero-order chi connectivity index (χ0) is 16.8. The van der Waals surface area contributed by atoms with Gasteiger partial charge in [0.05, 0.1) is 11.8 Å². The third-order valence-corrected chi connectivity index (χ3v) is 4.20. The van der Waals surface area contributed by atoms with Gasteiger partial charge in [0.2, 0.25) is 11.5 Å². The molecule has 7 heteroatoms. The van der Waals surface area contributed by atoms with E-state index in [0.717, 1.165) is 34.9 Å². The predicted molar refractivity (Wildman–Crippen MR) is 96.3 cm³/mol. The number of hydrogen-bond acceptors (Lipinski definition) is 6. The number of H-pyrrole nitrogens is 1. The Kier molecular flexibility index (Phi) is 3.00. The molecule has 5 rings (SSSR count). The van der Waals surface area contributed by atoms with Gasteiger partial charge in [-0.3, -0.25) is 4.79 Å². The van der Waals surface area contributed by atoms with Crippen molar-refractivity contribution in [3.8, 4) is 0 Å². The summed E-state index contributed by atoms with van der Waals surface area (Å²) in [6, 6.07) is 11.3. The summed E-state index contributed by atoms with van der Waals surface area (Å²) >= 11 is 0. The Morgan fingerprint density at radius 3 is 2.88 bits per heavy atom. The molecule has 1 aromatic carbocycles. The molecule has 7 nitrogen and oxygen atoms in total. The summed E-state index contributed by atoms with van der Waals surface area (Å²) in [6.07, 6.45) is 3.90. The number of nitrogens with one attached hydrogen (secondary N) is 3. The molecule has 1 saturated carbocycles. The largest absolute Gasteiger partial charge is 0.459 e. The highest BCUT2D eigenvalue weighted by molar-refractivity contribution is 5.86. The van der Waals surface area contributed by atoms with Gasteiger partial charge in [0, 0.05) is 23.9 Å². The molecule has 3 heterocycles. The van der Waals surface area contributed by atoms with Crippen LogP contribution in [0.15, 0.2) is 51.9 Å². The maximum atomic E-state index is 11.5. The van der Waals surface area contributed by atoms with Gasteiger partial charge < -0.3 is 20.0 Å². The SMILES string of the molecule is O=c1ccc2ccc(Nc3nc(NC4CC4)c4occc4n3)cc2[nH]1. The molecule has 0 radical (unpaired) electrons. The first-order valence-corrected chi connectivity index (χ1v) is 8.16. The minimum absolute atomic E-state index is 0.128. The van der Waals surface area contributed by atoms with Crippen LogP contribution in [0.2, 0.25) is 0 Å². The van der Waals surface area contributed by atoms with Crippen LogP contribution < -0.4 is 16.2 Å². The lowest BCUT2D eigenvalue weighted by molar-refractivity contribution is 0.614. The standard InChI is InChI=1S/C18H15N5O2/c24-15-6-2-10-1-3-12(9-14(10)21-15)20-18-22-13-7-8-25-16(13)17(23-18)19-11-4-5-11/h1-3,6-9,11H,4-5H2,(H,21,24)(H2,19,20,22,23). The van der Waals surface area contributed by atoms with Gasteiger partial charge in [-0.1, -0.05) is 6.07 Å². The van der Waals surface area contributed by atoms with Gasteiger partial charge >= 0.3 is 0 Å². The Morgan fingerprint density at radius 2 is 2.00 bits per heavy atom. The van der Waals surface area contributed by atoms with Crippen LogP contribution >= 0.6 is 0 Å². The number of aromatic amines is 1. The quantitative estimate of drug-likeness (QED) is 0.530. The number of rotatable bonds is 4. The van der Waals surface area contributed by atoms with Gasteiger partial charge in [0.15, 0.2) is 11.4 Å². The summed E-state index contributed by atoms with van der Waals surface area (Å²) in [4.78, 5) is 23.4. The normalized spacial score (nSPS) is 14.1. The van der Waals surface area contributed by atoms with E-state index in [2.05, 4.69) is 25.6 Å². The maximum Gasteiger partial charge on any atom is 0.248 e. The first-order chi connectivity index (χ1) is 12.2. The maximum absolute atomic E-state index is 11.5. The fraction of sp³-hybridized carbons (Fsp3) is 0.167. The number of furan rings is 1. The molecule has 3 N–H and O–H groups in total. The van der Waals surface area contributed by atoms with Crippen LogP contribution in [0.5, 0.6) is 0 Å². The molecule has 0 amide bonds. The molecule has 0 aliphatic heterocycles. The smallest absolute Gasteiger partial charge is 0.248 e. The first-order valence-electron chi connectivity index (χ1n) is 8.16. The van der Waals surface area contributed by atoms with E-state index >= 15 is 0 Å². The summed E-state index contributed by atoms with van der Waals surface area (Å²) in [7, 11) is 0. The van der Waals surface area contributed by atoms with Crippen LogP contribution in [0, 0.1) is 0 Å². The minimum Gasteiger partial charge on any atom is -0.459 e. The van der Waals surface area contributed by atoms with Crippen molar-refractivity contribution in [2.24, 2.45) is 0 Å². The van der Waals surface area contributed by atoms with E-state index in [1.807, 2.05) is 24.3 Å². The average molecular weight is 333 g/mol. The molecule has 0 saturated heterocycles. The molecule has 1 aliphatic carbocycles. The van der Waals surface area contributed by atoms with Crippen molar-refractivity contribution in [3.05, 3.63) is 53.0 Å². The summed E-state index contributed by atoms with van der Waals surface area (Å²) in [5.41, 5.74) is 2.85. The van der Waals surface area contributed by atoms with E-state index in [1.54, 1.807) is 12.3 Å². The fourth-order valence-corrected chi connectivity index (χ4v) is 2.79. The van der Waals surface area contributed by atoms with Crippen molar-refractivity contribution in [2.45, 2.75) is 18.9 Å². The molecule has 0 unspecified atom stereocenters. The summed E-state index contributed by atoms with van der Waals surface area (Å²) in [5.74, 6) is 1.18. The highest BCUT2D eigenvalue weighted by Gasteiger charge is 2.23. The zero-order valence-electron chi connectivity index (χ0n) is 13.2. The van der Waals surface area contributed by atoms with Crippen LogP contribution in [0.3, 0.4) is 0 Å². The minimum atomic E-state index is -0.128. The second kappa shape index (κ2) is 5.34. The Labute approximate surface area is 142 Å². The van der Waals surface area contributed by atoms with E-state index < -0.39 is 0 Å². The summed E-state index contributed by atoms with van der Waals surface area (Å²) in [6.45, 7) is 0. The Bertz CT molecular complexity index is 1140. The van der Waals surface area contributed by atoms with Crippen molar-refractivity contribution in [2.75, 3.05) is 10.6 Å². The summed E-state index contributed by atoms with van der Waals surface area (Å²) < 4.78 is 5.50. The highest BCUT2D eigenvalue weighted by atomic mass is 16.3. The number of nitrogens with zero attached hydrogens (tertiary/aromatic N) is 2. The Morgan fingerprint density at radius 1 is 1.12 bits per heavy atom. The molecular formula is C18H15N5O2. The molecule has 25 heavy (non-hydrogen) atoms. The van der Waals surface area contributed by atoms with E-state index in [4.69, 9.17) is 4.42 Å². The lowest BCUT2D eigenvalue weighted by atomic mass is 10.2. The number of hydrogen-bond donors (Lipinski definition) is 3. The van der Waals surface area contributed by atoms with E-state index in [0.29, 0.717) is 23.4 Å². The van der Waals surface area contributed by atoms with Crippen LogP contribution in [0.1, 0.15) is 12.8 Å². The molecule has 4 aromatic rings. The first kappa shape index (κ1) is 14.0. The van der Waals surface area contributed by atoms with Crippen LogP contribution in [0.25, 0.3) is 22.0 Å². The highest BCUT2D eigenvalue weighted by Crippen LogP contribution is 2.30. The molecule has 1 aliphatic rings. The Balaban J connectivity index is 1.53. The second-order valence-corrected chi connectivity index (χ2v) is 6.20. The Hall–Kier alpha value is -3.35. The molecule has 0 spiro atoms. The molecule has 0 atom stereocenters. The lowest BCUT2D eigenvalue weighted by Gasteiger charge is -2.09. The number of fused-ring (bicyclic) bond motifs is 2. The number of aromatic nitrogens is 3. The van der Waals surface area contributed by atoms with Gasteiger partial charge in [-0.25, -0.2) is 4.98 Å². The van der Waals surface area contributed by atoms with Gasteiger partial charge in [-0.15, -0.1) is 0 Å². The second-order valence-electron chi connectivity index (χ2n) is 6.20. The number of pyridine rings is 1. The van der Waals surface area contributed by atoms with Crippen LogP contribution in [0.4, 0.5) is 17.5 Å². The number of benzene rings is 1. The van der Waals surface area contributed by atoms with Crippen molar-refractivity contribution in [1.82, 2.24) is 15.0 Å². The van der Waals surface area contributed by atoms with Crippen LogP contribution in [-0.4, -0.2) is 21.0 Å². The fourth-order valence-electron chi connectivity index (χ4n) is 2.79. The third kappa shape index (κ3) is 2.69. The van der Waals surface area contributed by atoms with Gasteiger partial charge in [0.25, 0.3) is 0 Å². The molecule has 0 bridgehead atoms. The average Bonchev–Trinajstić information content (AvgIpc) is 3.28. The zero-order valence-corrected chi connectivity index (χ0v) is 13.2. The van der Waals surface area contributed by atoms with Crippen molar-refractivity contribution >= 4 is 39.5 Å². The number of anilines is 3. The van der Waals surface area contributed by atoms with E-state index in [-0.39, 0.29) is 5.56 Å². The van der Waals surface area contributed by atoms with Gasteiger partial charge in [0.1, 0.15) is 5.52 Å². The van der Waals surface area contributed by atoms with Crippen LogP contribution in [-0.2, 0) is 0 Å². The van der Waals surface area contributed by atoms with Crippen molar-refractivity contribution in [3.63, 3.8) is 0 Å². The predicted octanol–water partition coefficient (Wildman–Crippen LogP) is 3.38. The lowest BCUT2D eigenvalue weighted by Crippen LogP contribution is -2.06. The van der Waals surface area contributed by atoms with Crippen molar-refractivity contribution < 1.29 is 4.42 Å². The van der Waals surface area contributed by atoms with Gasteiger partial charge in [-0.05, 0) is 36.4 Å². The molecule has 3 aromatic heterocycles. The third-order valence-electron chi connectivity index (χ3n) is 4.20. The van der Waals surface area contributed by atoms with E-state index in [9.17, 15) is 4.79 Å². The molecular weight excluding hydrogens is 318 g/mol. The van der Waals surface area contributed by atoms with Crippen molar-refractivity contribution in [1.29, 1.82) is 0 Å². The van der Waals surface area contributed by atoms with Gasteiger partial charge in [-0.2, -0.15) is 4.98 Å². The molecule has 124 valence electrons. The monoisotopic (exact) mass is 333 g/mol. The topological polar surface area (TPSA) is 95.8 Å². The summed E-state index contributed by atoms with van der Waals surface area (Å²) in [5, 5.41) is 7.55.